The number of nitrogens with zero attached hydrogens (tertiary/aromatic N) is 4. The Hall–Kier alpha value is -3.22. The molecular weight excluding hydrogens is 381 g/mol. The molecule has 30 heavy (non-hydrogen) atoms. The largest absolute Gasteiger partial charge is 0.357 e. The topological polar surface area (TPSA) is 63.1 Å². The second kappa shape index (κ2) is 7.89. The van der Waals surface area contributed by atoms with E-state index in [1.807, 2.05) is 12.1 Å². The normalized spacial score (nSPS) is 15.4. The first-order valence-electron chi connectivity index (χ1n) is 10.5. The van der Waals surface area contributed by atoms with Gasteiger partial charge in [0.05, 0.1) is 5.69 Å². The molecule has 3 aromatic rings. The van der Waals surface area contributed by atoms with Crippen LogP contribution in [0.1, 0.15) is 46.6 Å². The lowest BCUT2D eigenvalue weighted by Gasteiger charge is -2.16. The summed E-state index contributed by atoms with van der Waals surface area (Å²) in [6, 6.07) is 10.2. The number of halogens is 1. The number of hydrogen-bond donors (Lipinski definition) is 1. The molecule has 1 amide bonds. The van der Waals surface area contributed by atoms with Crippen molar-refractivity contribution in [3.8, 4) is 5.69 Å². The molecule has 0 radical (unpaired) electrons. The summed E-state index contributed by atoms with van der Waals surface area (Å²) in [5.41, 5.74) is 4.32. The van der Waals surface area contributed by atoms with Crippen molar-refractivity contribution in [1.29, 1.82) is 0 Å². The highest BCUT2D eigenvalue weighted by molar-refractivity contribution is 5.94. The molecule has 2 aromatic heterocycles. The lowest BCUT2D eigenvalue weighted by atomic mass is 10.2. The highest BCUT2D eigenvalue weighted by Crippen LogP contribution is 2.28. The van der Waals surface area contributed by atoms with Crippen LogP contribution in [0.3, 0.4) is 0 Å². The van der Waals surface area contributed by atoms with Crippen LogP contribution >= 0.6 is 0 Å². The SMILES string of the molecule is O=C(NCc1ccnc(N2CCCC2)c1)c1nn(-c2ccc(F)cc2)c2c1CCC2. The fourth-order valence-corrected chi connectivity index (χ4v) is 4.37. The zero-order valence-corrected chi connectivity index (χ0v) is 16.8. The van der Waals surface area contributed by atoms with Crippen LogP contribution in [-0.4, -0.2) is 33.8 Å². The molecule has 0 unspecified atom stereocenters. The summed E-state index contributed by atoms with van der Waals surface area (Å²) >= 11 is 0. The smallest absolute Gasteiger partial charge is 0.272 e. The summed E-state index contributed by atoms with van der Waals surface area (Å²) in [4.78, 5) is 19.7. The van der Waals surface area contributed by atoms with Crippen LogP contribution in [0.15, 0.2) is 42.6 Å². The molecular formula is C23H24FN5O. The minimum atomic E-state index is -0.286. The van der Waals surface area contributed by atoms with Gasteiger partial charge in [-0.25, -0.2) is 14.1 Å². The van der Waals surface area contributed by atoms with Gasteiger partial charge in [-0.05, 0) is 74.1 Å². The molecule has 154 valence electrons. The van der Waals surface area contributed by atoms with Gasteiger partial charge in [-0.2, -0.15) is 5.10 Å². The van der Waals surface area contributed by atoms with Crippen molar-refractivity contribution in [2.45, 2.75) is 38.6 Å². The third kappa shape index (κ3) is 3.56. The van der Waals surface area contributed by atoms with E-state index in [4.69, 9.17) is 0 Å². The summed E-state index contributed by atoms with van der Waals surface area (Å²) in [6.45, 7) is 2.51. The first-order chi connectivity index (χ1) is 14.7. The second-order valence-electron chi connectivity index (χ2n) is 7.91. The van der Waals surface area contributed by atoms with E-state index in [0.29, 0.717) is 12.2 Å². The molecule has 0 atom stereocenters. The van der Waals surface area contributed by atoms with E-state index in [-0.39, 0.29) is 11.7 Å². The first kappa shape index (κ1) is 18.8. The standard InChI is InChI=1S/C23H24FN5O/c24-17-6-8-18(9-7-17)29-20-5-3-4-19(20)22(27-29)23(30)26-15-16-10-11-25-21(14-16)28-12-1-2-13-28/h6-11,14H,1-5,12-13,15H2,(H,26,30). The summed E-state index contributed by atoms with van der Waals surface area (Å²) < 4.78 is 15.1. The molecule has 0 bridgehead atoms. The lowest BCUT2D eigenvalue weighted by Crippen LogP contribution is -2.25. The van der Waals surface area contributed by atoms with Gasteiger partial charge in [0.25, 0.3) is 5.91 Å². The summed E-state index contributed by atoms with van der Waals surface area (Å²) in [7, 11) is 0. The highest BCUT2D eigenvalue weighted by Gasteiger charge is 2.27. The number of fused-ring (bicyclic) bond motifs is 1. The molecule has 0 saturated carbocycles. The Morgan fingerprint density at radius 3 is 2.67 bits per heavy atom. The molecule has 3 heterocycles. The van der Waals surface area contributed by atoms with Gasteiger partial charge >= 0.3 is 0 Å². The zero-order valence-electron chi connectivity index (χ0n) is 16.8. The van der Waals surface area contributed by atoms with Gasteiger partial charge in [-0.15, -0.1) is 0 Å². The molecule has 1 aromatic carbocycles. The van der Waals surface area contributed by atoms with Gasteiger partial charge < -0.3 is 10.2 Å². The van der Waals surface area contributed by atoms with Gasteiger partial charge in [-0.1, -0.05) is 0 Å². The number of aromatic nitrogens is 3. The quantitative estimate of drug-likeness (QED) is 0.707. The van der Waals surface area contributed by atoms with Crippen molar-refractivity contribution >= 4 is 11.7 Å². The molecule has 1 fully saturated rings. The second-order valence-corrected chi connectivity index (χ2v) is 7.91. The minimum Gasteiger partial charge on any atom is -0.357 e. The average molecular weight is 405 g/mol. The van der Waals surface area contributed by atoms with Crippen molar-refractivity contribution in [2.75, 3.05) is 18.0 Å². The fraction of sp³-hybridized carbons (Fsp3) is 0.348. The number of amides is 1. The first-order valence-corrected chi connectivity index (χ1v) is 10.5. The van der Waals surface area contributed by atoms with Crippen LogP contribution in [0.25, 0.3) is 5.69 Å². The highest BCUT2D eigenvalue weighted by atomic mass is 19.1. The van der Waals surface area contributed by atoms with Gasteiger partial charge in [0.1, 0.15) is 11.6 Å². The van der Waals surface area contributed by atoms with E-state index in [9.17, 15) is 9.18 Å². The van der Waals surface area contributed by atoms with Gasteiger partial charge in [-0.3, -0.25) is 4.79 Å². The summed E-state index contributed by atoms with van der Waals surface area (Å²) in [6.07, 6.45) is 6.91. The average Bonchev–Trinajstić information content (AvgIpc) is 3.51. The van der Waals surface area contributed by atoms with Crippen LogP contribution in [-0.2, 0) is 19.4 Å². The summed E-state index contributed by atoms with van der Waals surface area (Å²) in [5, 5.41) is 7.60. The number of carbonyl (C=O) groups is 1. The molecule has 1 saturated heterocycles. The lowest BCUT2D eigenvalue weighted by molar-refractivity contribution is 0.0944. The molecule has 1 aliphatic carbocycles. The fourth-order valence-electron chi connectivity index (χ4n) is 4.37. The number of hydrogen-bond acceptors (Lipinski definition) is 4. The van der Waals surface area contributed by atoms with Crippen LogP contribution in [0.2, 0.25) is 0 Å². The molecule has 0 spiro atoms. The maximum absolute atomic E-state index is 13.3. The minimum absolute atomic E-state index is 0.173. The maximum Gasteiger partial charge on any atom is 0.272 e. The predicted molar refractivity (Wildman–Crippen MR) is 112 cm³/mol. The van der Waals surface area contributed by atoms with E-state index in [0.717, 1.165) is 60.7 Å². The van der Waals surface area contributed by atoms with E-state index >= 15 is 0 Å². The predicted octanol–water partition coefficient (Wildman–Crippen LogP) is 3.43. The van der Waals surface area contributed by atoms with Gasteiger partial charge in [0.15, 0.2) is 5.69 Å². The van der Waals surface area contributed by atoms with Crippen molar-refractivity contribution in [3.05, 3.63) is 70.9 Å². The third-order valence-corrected chi connectivity index (χ3v) is 5.91. The molecule has 6 nitrogen and oxygen atoms in total. The summed E-state index contributed by atoms with van der Waals surface area (Å²) in [5.74, 6) is 0.514. The van der Waals surface area contributed by atoms with E-state index in [1.165, 1.54) is 25.0 Å². The van der Waals surface area contributed by atoms with Crippen LogP contribution in [0.5, 0.6) is 0 Å². The number of carbonyl (C=O) groups excluding carboxylic acids is 1. The van der Waals surface area contributed by atoms with Gasteiger partial charge in [0, 0.05) is 37.1 Å². The molecule has 1 aliphatic heterocycles. The maximum atomic E-state index is 13.3. The number of pyridine rings is 1. The van der Waals surface area contributed by atoms with Crippen LogP contribution in [0.4, 0.5) is 10.2 Å². The Morgan fingerprint density at radius 2 is 1.87 bits per heavy atom. The Morgan fingerprint density at radius 1 is 1.07 bits per heavy atom. The van der Waals surface area contributed by atoms with E-state index < -0.39 is 0 Å². The molecule has 1 N–H and O–H groups in total. The van der Waals surface area contributed by atoms with Crippen molar-refractivity contribution in [2.24, 2.45) is 0 Å². The third-order valence-electron chi connectivity index (χ3n) is 5.91. The van der Waals surface area contributed by atoms with E-state index in [1.54, 1.807) is 23.0 Å². The van der Waals surface area contributed by atoms with Crippen LogP contribution < -0.4 is 10.2 Å². The van der Waals surface area contributed by atoms with Gasteiger partial charge in [0.2, 0.25) is 0 Å². The Balaban J connectivity index is 1.34. The Labute approximate surface area is 174 Å². The number of anilines is 1. The Bertz CT molecular complexity index is 1070. The number of nitrogens with one attached hydrogen (secondary N) is 1. The monoisotopic (exact) mass is 405 g/mol. The Kier molecular flexibility index (Phi) is 4.94. The number of benzene rings is 1. The number of rotatable bonds is 5. The van der Waals surface area contributed by atoms with Crippen molar-refractivity contribution in [1.82, 2.24) is 20.1 Å². The zero-order chi connectivity index (χ0) is 20.5. The molecule has 2 aliphatic rings. The molecule has 7 heteroatoms. The van der Waals surface area contributed by atoms with Crippen molar-refractivity contribution in [3.63, 3.8) is 0 Å². The van der Waals surface area contributed by atoms with E-state index in [2.05, 4.69) is 20.3 Å². The van der Waals surface area contributed by atoms with Crippen molar-refractivity contribution < 1.29 is 9.18 Å². The van der Waals surface area contributed by atoms with Crippen LogP contribution in [0, 0.1) is 5.82 Å². The molecule has 5 rings (SSSR count).